The molecule has 1 fully saturated rings. The zero-order chi connectivity index (χ0) is 12.0. The van der Waals surface area contributed by atoms with Crippen molar-refractivity contribution in [1.82, 2.24) is 10.2 Å². The third kappa shape index (κ3) is 5.75. The maximum absolute atomic E-state index is 4.59. The molecule has 0 bridgehead atoms. The van der Waals surface area contributed by atoms with Crippen LogP contribution in [0.4, 0.5) is 0 Å². The van der Waals surface area contributed by atoms with Gasteiger partial charge in [-0.2, -0.15) is 0 Å². The molecule has 0 saturated carbocycles. The SMILES string of the molecule is CC(C)CC1CSC(=NCCCN(C)C)N1. The summed E-state index contributed by atoms with van der Waals surface area (Å²) in [6.07, 6.45) is 2.40. The van der Waals surface area contributed by atoms with Gasteiger partial charge in [-0.1, -0.05) is 25.6 Å². The minimum absolute atomic E-state index is 0.637. The molecular formula is C12H25N3S. The molecule has 1 aliphatic rings. The van der Waals surface area contributed by atoms with E-state index in [0.29, 0.717) is 6.04 Å². The highest BCUT2D eigenvalue weighted by Gasteiger charge is 2.20. The van der Waals surface area contributed by atoms with E-state index in [0.717, 1.165) is 30.6 Å². The average molecular weight is 243 g/mol. The maximum atomic E-state index is 4.59. The zero-order valence-electron chi connectivity index (χ0n) is 11.0. The Bertz CT molecular complexity index is 226. The van der Waals surface area contributed by atoms with E-state index in [1.807, 2.05) is 11.8 Å². The van der Waals surface area contributed by atoms with Gasteiger partial charge in [0, 0.05) is 18.3 Å². The molecule has 1 unspecified atom stereocenters. The van der Waals surface area contributed by atoms with Gasteiger partial charge in [0.1, 0.15) is 0 Å². The van der Waals surface area contributed by atoms with Crippen LogP contribution in [0.3, 0.4) is 0 Å². The number of aliphatic imine (C=N–C) groups is 1. The molecule has 1 saturated heterocycles. The van der Waals surface area contributed by atoms with Gasteiger partial charge in [-0.3, -0.25) is 4.99 Å². The van der Waals surface area contributed by atoms with Crippen LogP contribution < -0.4 is 5.32 Å². The van der Waals surface area contributed by atoms with Crippen LogP contribution in [0.15, 0.2) is 4.99 Å². The molecule has 16 heavy (non-hydrogen) atoms. The van der Waals surface area contributed by atoms with E-state index in [2.05, 4.69) is 43.2 Å². The monoisotopic (exact) mass is 243 g/mol. The summed E-state index contributed by atoms with van der Waals surface area (Å²) < 4.78 is 0. The molecule has 0 amide bonds. The van der Waals surface area contributed by atoms with Crippen molar-refractivity contribution in [2.45, 2.75) is 32.7 Å². The quantitative estimate of drug-likeness (QED) is 0.724. The van der Waals surface area contributed by atoms with Crippen molar-refractivity contribution in [1.29, 1.82) is 0 Å². The molecule has 1 N–H and O–H groups in total. The Balaban J connectivity index is 2.17. The molecule has 3 nitrogen and oxygen atoms in total. The number of nitrogens with one attached hydrogen (secondary N) is 1. The second-order valence-electron chi connectivity index (χ2n) is 5.13. The van der Waals surface area contributed by atoms with Gasteiger partial charge in [0.05, 0.1) is 0 Å². The third-order valence-electron chi connectivity index (χ3n) is 2.52. The molecule has 4 heteroatoms. The summed E-state index contributed by atoms with van der Waals surface area (Å²) in [4.78, 5) is 6.80. The molecule has 0 aromatic heterocycles. The lowest BCUT2D eigenvalue weighted by molar-refractivity contribution is 0.403. The van der Waals surface area contributed by atoms with Crippen molar-refractivity contribution in [2.75, 3.05) is 32.9 Å². The summed E-state index contributed by atoms with van der Waals surface area (Å²) in [6.45, 7) is 6.62. The van der Waals surface area contributed by atoms with Crippen LogP contribution >= 0.6 is 11.8 Å². The van der Waals surface area contributed by atoms with Crippen LogP contribution in [-0.2, 0) is 0 Å². The smallest absolute Gasteiger partial charge is 0.156 e. The predicted molar refractivity (Wildman–Crippen MR) is 74.3 cm³/mol. The van der Waals surface area contributed by atoms with E-state index in [1.165, 1.54) is 12.2 Å². The minimum Gasteiger partial charge on any atom is -0.361 e. The Morgan fingerprint density at radius 3 is 2.88 bits per heavy atom. The van der Waals surface area contributed by atoms with Crippen LogP contribution in [0.5, 0.6) is 0 Å². The third-order valence-corrected chi connectivity index (χ3v) is 3.61. The van der Waals surface area contributed by atoms with E-state index in [9.17, 15) is 0 Å². The topological polar surface area (TPSA) is 27.6 Å². The van der Waals surface area contributed by atoms with E-state index in [4.69, 9.17) is 0 Å². The van der Waals surface area contributed by atoms with Crippen LogP contribution in [0.2, 0.25) is 0 Å². The fraction of sp³-hybridized carbons (Fsp3) is 0.917. The first-order chi connectivity index (χ1) is 7.58. The number of nitrogens with zero attached hydrogens (tertiary/aromatic N) is 2. The molecule has 0 radical (unpaired) electrons. The summed E-state index contributed by atoms with van der Waals surface area (Å²) >= 11 is 1.88. The van der Waals surface area contributed by atoms with E-state index < -0.39 is 0 Å². The Kier molecular flexibility index (Phi) is 6.21. The lowest BCUT2D eigenvalue weighted by Crippen LogP contribution is -2.28. The second kappa shape index (κ2) is 7.17. The summed E-state index contributed by atoms with van der Waals surface area (Å²) in [5.41, 5.74) is 0. The largest absolute Gasteiger partial charge is 0.361 e. The zero-order valence-corrected chi connectivity index (χ0v) is 11.8. The van der Waals surface area contributed by atoms with Gasteiger partial charge in [0.25, 0.3) is 0 Å². The lowest BCUT2D eigenvalue weighted by Gasteiger charge is -2.12. The molecule has 1 heterocycles. The Hall–Kier alpha value is -0.220. The van der Waals surface area contributed by atoms with Gasteiger partial charge >= 0.3 is 0 Å². The van der Waals surface area contributed by atoms with Crippen LogP contribution in [-0.4, -0.2) is 49.0 Å². The highest BCUT2D eigenvalue weighted by atomic mass is 32.2. The first-order valence-electron chi connectivity index (χ1n) is 6.16. The first kappa shape index (κ1) is 13.8. The van der Waals surface area contributed by atoms with Crippen molar-refractivity contribution >= 4 is 16.9 Å². The van der Waals surface area contributed by atoms with E-state index in [1.54, 1.807) is 0 Å². The molecule has 0 aromatic carbocycles. The van der Waals surface area contributed by atoms with Crippen molar-refractivity contribution in [2.24, 2.45) is 10.9 Å². The molecule has 1 aliphatic heterocycles. The van der Waals surface area contributed by atoms with Crippen molar-refractivity contribution < 1.29 is 0 Å². The average Bonchev–Trinajstić information content (AvgIpc) is 2.59. The Morgan fingerprint density at radius 2 is 2.25 bits per heavy atom. The van der Waals surface area contributed by atoms with Gasteiger partial charge in [-0.15, -0.1) is 0 Å². The molecule has 94 valence electrons. The van der Waals surface area contributed by atoms with E-state index >= 15 is 0 Å². The molecule has 1 rings (SSSR count). The van der Waals surface area contributed by atoms with Crippen molar-refractivity contribution in [3.8, 4) is 0 Å². The number of thioether (sulfide) groups is 1. The summed E-state index contributed by atoms with van der Waals surface area (Å²) in [5, 5.41) is 4.67. The lowest BCUT2D eigenvalue weighted by atomic mass is 10.1. The molecule has 1 atom stereocenters. The predicted octanol–water partition coefficient (Wildman–Crippen LogP) is 2.05. The molecular weight excluding hydrogens is 218 g/mol. The molecule has 0 aliphatic carbocycles. The minimum atomic E-state index is 0.637. The van der Waals surface area contributed by atoms with E-state index in [-0.39, 0.29) is 0 Å². The molecule has 0 aromatic rings. The molecule has 0 spiro atoms. The summed E-state index contributed by atoms with van der Waals surface area (Å²) in [6, 6.07) is 0.637. The number of hydrogen-bond acceptors (Lipinski definition) is 3. The van der Waals surface area contributed by atoms with Gasteiger partial charge in [0.15, 0.2) is 5.17 Å². The highest BCUT2D eigenvalue weighted by molar-refractivity contribution is 8.14. The number of amidine groups is 1. The van der Waals surface area contributed by atoms with Crippen LogP contribution in [0.25, 0.3) is 0 Å². The van der Waals surface area contributed by atoms with Gasteiger partial charge in [-0.05, 0) is 39.4 Å². The summed E-state index contributed by atoms with van der Waals surface area (Å²) in [7, 11) is 4.21. The standard InChI is InChI=1S/C12H25N3S/c1-10(2)8-11-9-16-12(14-11)13-6-5-7-15(3)4/h10-11H,5-9H2,1-4H3,(H,13,14). The normalized spacial score (nSPS) is 23.4. The highest BCUT2D eigenvalue weighted by Crippen LogP contribution is 2.18. The van der Waals surface area contributed by atoms with Gasteiger partial charge in [-0.25, -0.2) is 0 Å². The van der Waals surface area contributed by atoms with Crippen molar-refractivity contribution in [3.63, 3.8) is 0 Å². The van der Waals surface area contributed by atoms with Crippen LogP contribution in [0, 0.1) is 5.92 Å². The van der Waals surface area contributed by atoms with Crippen molar-refractivity contribution in [3.05, 3.63) is 0 Å². The summed E-state index contributed by atoms with van der Waals surface area (Å²) in [5.74, 6) is 1.95. The second-order valence-corrected chi connectivity index (χ2v) is 6.13. The maximum Gasteiger partial charge on any atom is 0.156 e. The van der Waals surface area contributed by atoms with Crippen LogP contribution in [0.1, 0.15) is 26.7 Å². The van der Waals surface area contributed by atoms with Gasteiger partial charge < -0.3 is 10.2 Å². The fourth-order valence-corrected chi connectivity index (χ4v) is 2.80. The Morgan fingerprint density at radius 1 is 1.50 bits per heavy atom. The first-order valence-corrected chi connectivity index (χ1v) is 7.15. The number of rotatable bonds is 6. The fourth-order valence-electron chi connectivity index (χ4n) is 1.79. The number of hydrogen-bond donors (Lipinski definition) is 1. The Labute approximate surface area is 104 Å². The van der Waals surface area contributed by atoms with Gasteiger partial charge in [0.2, 0.25) is 0 Å².